The second-order valence-corrected chi connectivity index (χ2v) is 6.41. The molecule has 0 heterocycles. The van der Waals surface area contributed by atoms with Crippen LogP contribution in [-0.2, 0) is 0 Å². The van der Waals surface area contributed by atoms with E-state index < -0.39 is 18.1 Å². The summed E-state index contributed by atoms with van der Waals surface area (Å²) >= 11 is 3.32. The Labute approximate surface area is 130 Å². The van der Waals surface area contributed by atoms with Gasteiger partial charge in [-0.3, -0.25) is 4.79 Å². The van der Waals surface area contributed by atoms with Gasteiger partial charge in [-0.25, -0.2) is 0 Å². The van der Waals surface area contributed by atoms with E-state index in [1.165, 1.54) is 0 Å². The quantitative estimate of drug-likeness (QED) is 0.816. The zero-order chi connectivity index (χ0) is 15.6. The third-order valence-corrected chi connectivity index (χ3v) is 4.50. The average Bonchev–Trinajstić information content (AvgIpc) is 2.37. The van der Waals surface area contributed by atoms with Gasteiger partial charge in [0.2, 0.25) is 0 Å². The van der Waals surface area contributed by atoms with Crippen LogP contribution in [0.25, 0.3) is 0 Å². The predicted octanol–water partition coefficient (Wildman–Crippen LogP) is 4.61. The number of carbonyl (C=O) groups is 1. The van der Waals surface area contributed by atoms with E-state index in [1.807, 2.05) is 13.0 Å². The van der Waals surface area contributed by atoms with Crippen LogP contribution >= 0.6 is 15.9 Å². The number of rotatable bonds is 2. The molecule has 116 valence electrons. The molecule has 2 atom stereocenters. The lowest BCUT2D eigenvalue weighted by Gasteiger charge is -2.31. The molecule has 0 aromatic heterocycles. The Morgan fingerprint density at radius 3 is 2.67 bits per heavy atom. The molecule has 1 aromatic rings. The lowest BCUT2D eigenvalue weighted by Crippen LogP contribution is -2.41. The zero-order valence-electron chi connectivity index (χ0n) is 11.6. The van der Waals surface area contributed by atoms with E-state index in [2.05, 4.69) is 21.2 Å². The molecule has 6 heteroatoms. The molecule has 0 radical (unpaired) electrons. The number of nitrogens with one attached hydrogen (secondary N) is 1. The summed E-state index contributed by atoms with van der Waals surface area (Å²) in [5.74, 6) is -1.63. The minimum absolute atomic E-state index is 0.0290. The largest absolute Gasteiger partial charge is 0.391 e. The molecule has 1 aromatic carbocycles. The Morgan fingerprint density at radius 1 is 1.33 bits per heavy atom. The fourth-order valence-electron chi connectivity index (χ4n) is 2.69. The number of hydrogen-bond donors (Lipinski definition) is 1. The Morgan fingerprint density at radius 2 is 2.05 bits per heavy atom. The van der Waals surface area contributed by atoms with Crippen molar-refractivity contribution in [3.63, 3.8) is 0 Å². The van der Waals surface area contributed by atoms with Crippen molar-refractivity contribution in [3.05, 3.63) is 33.8 Å². The number of benzene rings is 1. The first-order valence-electron chi connectivity index (χ1n) is 6.91. The monoisotopic (exact) mass is 363 g/mol. The normalized spacial score (nSPS) is 22.9. The fourth-order valence-corrected chi connectivity index (χ4v) is 3.36. The Bertz CT molecular complexity index is 530. The van der Waals surface area contributed by atoms with Crippen molar-refractivity contribution in [3.8, 4) is 0 Å². The van der Waals surface area contributed by atoms with Gasteiger partial charge in [0.1, 0.15) is 0 Å². The minimum Gasteiger partial charge on any atom is -0.349 e. The van der Waals surface area contributed by atoms with Crippen LogP contribution in [0.15, 0.2) is 22.7 Å². The van der Waals surface area contributed by atoms with Gasteiger partial charge in [0.05, 0.1) is 11.5 Å². The van der Waals surface area contributed by atoms with Crippen molar-refractivity contribution < 1.29 is 18.0 Å². The van der Waals surface area contributed by atoms with E-state index in [0.29, 0.717) is 22.9 Å². The van der Waals surface area contributed by atoms with Crippen LogP contribution in [0.2, 0.25) is 0 Å². The van der Waals surface area contributed by atoms with Gasteiger partial charge >= 0.3 is 6.18 Å². The number of carbonyl (C=O) groups excluding carboxylic acids is 1. The maximum absolute atomic E-state index is 12.8. The van der Waals surface area contributed by atoms with Crippen LogP contribution in [-0.4, -0.2) is 18.1 Å². The van der Waals surface area contributed by atoms with Gasteiger partial charge in [-0.2, -0.15) is 13.2 Å². The number of halogens is 4. The summed E-state index contributed by atoms with van der Waals surface area (Å²) in [6.07, 6.45) is -2.96. The highest BCUT2D eigenvalue weighted by molar-refractivity contribution is 9.10. The summed E-state index contributed by atoms with van der Waals surface area (Å²) in [6, 6.07) is 4.89. The first-order chi connectivity index (χ1) is 9.77. The molecule has 1 amide bonds. The maximum atomic E-state index is 12.8. The van der Waals surface area contributed by atoms with Crippen LogP contribution in [0.4, 0.5) is 13.2 Å². The number of alkyl halides is 3. The number of hydrogen-bond acceptors (Lipinski definition) is 1. The summed E-state index contributed by atoms with van der Waals surface area (Å²) < 4.78 is 38.9. The highest BCUT2D eigenvalue weighted by Gasteiger charge is 2.42. The third kappa shape index (κ3) is 4.22. The van der Waals surface area contributed by atoms with E-state index in [0.717, 1.165) is 5.56 Å². The summed E-state index contributed by atoms with van der Waals surface area (Å²) in [5, 5.41) is 2.73. The van der Waals surface area contributed by atoms with Gasteiger partial charge in [-0.1, -0.05) is 12.5 Å². The molecule has 2 nitrogen and oxygen atoms in total. The van der Waals surface area contributed by atoms with Gasteiger partial charge in [-0.05, 0) is 59.8 Å². The molecule has 1 saturated carbocycles. The summed E-state index contributed by atoms with van der Waals surface area (Å²) in [6.45, 7) is 1.90. The summed E-state index contributed by atoms with van der Waals surface area (Å²) in [7, 11) is 0. The zero-order valence-corrected chi connectivity index (χ0v) is 13.2. The summed E-state index contributed by atoms with van der Waals surface area (Å²) in [5.41, 5.74) is 1.46. The molecular weight excluding hydrogens is 347 g/mol. The summed E-state index contributed by atoms with van der Waals surface area (Å²) in [4.78, 5) is 12.2. The van der Waals surface area contributed by atoms with E-state index in [4.69, 9.17) is 0 Å². The molecule has 1 aliphatic carbocycles. The highest BCUT2D eigenvalue weighted by Crippen LogP contribution is 2.37. The van der Waals surface area contributed by atoms with Crippen molar-refractivity contribution in [2.24, 2.45) is 5.92 Å². The van der Waals surface area contributed by atoms with Gasteiger partial charge < -0.3 is 5.32 Å². The molecule has 2 rings (SSSR count). The van der Waals surface area contributed by atoms with Crippen molar-refractivity contribution in [1.29, 1.82) is 0 Å². The molecule has 0 aliphatic heterocycles. The molecule has 1 fully saturated rings. The van der Waals surface area contributed by atoms with Crippen LogP contribution in [0.3, 0.4) is 0 Å². The third-order valence-electron chi connectivity index (χ3n) is 3.84. The number of aryl methyl sites for hydroxylation is 1. The maximum Gasteiger partial charge on any atom is 0.391 e. The van der Waals surface area contributed by atoms with Gasteiger partial charge in [-0.15, -0.1) is 0 Å². The van der Waals surface area contributed by atoms with E-state index >= 15 is 0 Å². The van der Waals surface area contributed by atoms with Crippen molar-refractivity contribution >= 4 is 21.8 Å². The average molecular weight is 364 g/mol. The molecule has 0 spiro atoms. The Balaban J connectivity index is 2.02. The lowest BCUT2D eigenvalue weighted by atomic mass is 9.85. The van der Waals surface area contributed by atoms with Crippen molar-refractivity contribution in [2.45, 2.75) is 44.8 Å². The smallest absolute Gasteiger partial charge is 0.349 e. The predicted molar refractivity (Wildman–Crippen MR) is 78.1 cm³/mol. The standard InChI is InChI=1S/C15H17BrF3NO/c1-9-5-6-12(13(16)7-9)14(21)20-11-4-2-3-10(8-11)15(17,18)19/h5-7,10-11H,2-4,8H2,1H3,(H,20,21). The second-order valence-electron chi connectivity index (χ2n) is 5.56. The topological polar surface area (TPSA) is 29.1 Å². The van der Waals surface area contributed by atoms with Gasteiger partial charge in [0.15, 0.2) is 0 Å². The molecule has 1 N–H and O–H groups in total. The fraction of sp³-hybridized carbons (Fsp3) is 0.533. The van der Waals surface area contributed by atoms with Crippen LogP contribution < -0.4 is 5.32 Å². The van der Waals surface area contributed by atoms with E-state index in [-0.39, 0.29) is 18.7 Å². The first kappa shape index (κ1) is 16.3. The molecule has 1 aliphatic rings. The Hall–Kier alpha value is -1.04. The highest BCUT2D eigenvalue weighted by atomic mass is 79.9. The van der Waals surface area contributed by atoms with Crippen molar-refractivity contribution in [2.75, 3.05) is 0 Å². The van der Waals surface area contributed by atoms with Crippen LogP contribution in [0, 0.1) is 12.8 Å². The molecule has 21 heavy (non-hydrogen) atoms. The van der Waals surface area contributed by atoms with E-state index in [9.17, 15) is 18.0 Å². The van der Waals surface area contributed by atoms with Crippen LogP contribution in [0.1, 0.15) is 41.6 Å². The number of amides is 1. The van der Waals surface area contributed by atoms with E-state index in [1.54, 1.807) is 12.1 Å². The van der Waals surface area contributed by atoms with Crippen LogP contribution in [0.5, 0.6) is 0 Å². The van der Waals surface area contributed by atoms with Crippen molar-refractivity contribution in [1.82, 2.24) is 5.32 Å². The first-order valence-corrected chi connectivity index (χ1v) is 7.70. The molecule has 0 bridgehead atoms. The second kappa shape index (κ2) is 6.38. The molecule has 0 saturated heterocycles. The van der Waals surface area contributed by atoms with Gasteiger partial charge in [0, 0.05) is 10.5 Å². The minimum atomic E-state index is -4.17. The SMILES string of the molecule is Cc1ccc(C(=O)NC2CCCC(C(F)(F)F)C2)c(Br)c1. The lowest BCUT2D eigenvalue weighted by molar-refractivity contribution is -0.183. The Kier molecular flexibility index (Phi) is 4.96. The molecule has 2 unspecified atom stereocenters. The van der Waals surface area contributed by atoms with Gasteiger partial charge in [0.25, 0.3) is 5.91 Å². The molecular formula is C15H17BrF3NO.